The van der Waals surface area contributed by atoms with Crippen molar-refractivity contribution < 1.29 is 9.53 Å². The molecule has 0 saturated heterocycles. The van der Waals surface area contributed by atoms with Gasteiger partial charge in [0.15, 0.2) is 4.80 Å². The molecule has 200 valence electrons. The molecular weight excluding hydrogens is 518 g/mol. The predicted octanol–water partition coefficient (Wildman–Crippen LogP) is 5.47. The maximum absolute atomic E-state index is 14.1. The van der Waals surface area contributed by atoms with Crippen LogP contribution in [-0.4, -0.2) is 21.7 Å². The third-order valence-electron chi connectivity index (χ3n) is 7.10. The third kappa shape index (κ3) is 4.42. The van der Waals surface area contributed by atoms with Crippen LogP contribution in [0.5, 0.6) is 0 Å². The van der Waals surface area contributed by atoms with Gasteiger partial charge in [0.1, 0.15) is 0 Å². The first-order valence-electron chi connectivity index (χ1n) is 13.4. The quantitative estimate of drug-likeness (QED) is 0.265. The van der Waals surface area contributed by atoms with Crippen LogP contribution >= 0.6 is 11.3 Å². The number of fused-ring (bicyclic) bond motifs is 2. The first-order valence-corrected chi connectivity index (χ1v) is 14.2. The number of esters is 1. The van der Waals surface area contributed by atoms with Crippen molar-refractivity contribution in [3.63, 3.8) is 0 Å². The standard InChI is InChI=1S/C33H29N3O3S/c1-4-39-32(38)28-29(22-13-7-5-8-14-22)34-33-36(30(28)23-15-9-6-10-16-23)31(37)27(40-33)19-24-20-35(21(2)3)26-18-12-11-17-25(24)26/h5-21,30H,4H2,1-3H3/b27-19-/t30-/m0/s1. The molecule has 6 nitrogen and oxygen atoms in total. The predicted molar refractivity (Wildman–Crippen MR) is 160 cm³/mol. The third-order valence-corrected chi connectivity index (χ3v) is 8.09. The molecule has 0 unspecified atom stereocenters. The Labute approximate surface area is 235 Å². The van der Waals surface area contributed by atoms with Crippen LogP contribution in [0, 0.1) is 0 Å². The SMILES string of the molecule is CCOC(=O)C1=C(c2ccccc2)N=c2s/c(=C\c3cn(C(C)C)c4ccccc34)c(=O)n2[C@H]1c1ccccc1. The molecule has 7 heteroatoms. The highest BCUT2D eigenvalue weighted by Crippen LogP contribution is 2.35. The Bertz CT molecular complexity index is 1930. The summed E-state index contributed by atoms with van der Waals surface area (Å²) in [7, 11) is 0. The Balaban J connectivity index is 1.65. The molecule has 1 aliphatic rings. The Hall–Kier alpha value is -4.49. The largest absolute Gasteiger partial charge is 0.463 e. The van der Waals surface area contributed by atoms with Crippen molar-refractivity contribution in [1.82, 2.24) is 9.13 Å². The molecule has 2 aromatic heterocycles. The number of hydrogen-bond acceptors (Lipinski definition) is 5. The Morgan fingerprint density at radius 2 is 1.68 bits per heavy atom. The lowest BCUT2D eigenvalue weighted by atomic mass is 9.93. The molecule has 0 radical (unpaired) electrons. The van der Waals surface area contributed by atoms with Gasteiger partial charge in [0.05, 0.1) is 28.5 Å². The van der Waals surface area contributed by atoms with E-state index in [0.29, 0.717) is 20.6 Å². The van der Waals surface area contributed by atoms with E-state index in [1.54, 1.807) is 11.5 Å². The number of ether oxygens (including phenoxy) is 1. The zero-order valence-electron chi connectivity index (χ0n) is 22.6. The van der Waals surface area contributed by atoms with Gasteiger partial charge in [-0.25, -0.2) is 9.79 Å². The smallest absolute Gasteiger partial charge is 0.338 e. The summed E-state index contributed by atoms with van der Waals surface area (Å²) >= 11 is 1.34. The minimum absolute atomic E-state index is 0.187. The molecule has 0 spiro atoms. The van der Waals surface area contributed by atoms with Crippen molar-refractivity contribution in [3.8, 4) is 0 Å². The Kier molecular flexibility index (Phi) is 6.82. The van der Waals surface area contributed by atoms with Crippen LogP contribution in [0.15, 0.2) is 106 Å². The normalized spacial score (nSPS) is 15.4. The first-order chi connectivity index (χ1) is 19.5. The summed E-state index contributed by atoms with van der Waals surface area (Å²) in [4.78, 5) is 33.2. The van der Waals surface area contributed by atoms with Gasteiger partial charge in [-0.3, -0.25) is 9.36 Å². The van der Waals surface area contributed by atoms with Crippen molar-refractivity contribution in [3.05, 3.63) is 133 Å². The maximum Gasteiger partial charge on any atom is 0.338 e. The van der Waals surface area contributed by atoms with Gasteiger partial charge in [-0.2, -0.15) is 0 Å². The lowest BCUT2D eigenvalue weighted by Gasteiger charge is -2.25. The van der Waals surface area contributed by atoms with Crippen LogP contribution in [0.25, 0.3) is 22.7 Å². The lowest BCUT2D eigenvalue weighted by molar-refractivity contribution is -0.138. The van der Waals surface area contributed by atoms with Crippen molar-refractivity contribution in [2.24, 2.45) is 4.99 Å². The highest BCUT2D eigenvalue weighted by Gasteiger charge is 2.35. The summed E-state index contributed by atoms with van der Waals surface area (Å²) in [6.07, 6.45) is 4.05. The van der Waals surface area contributed by atoms with Gasteiger partial charge in [0, 0.05) is 34.3 Å². The number of nitrogens with zero attached hydrogens (tertiary/aromatic N) is 3. The number of aromatic nitrogens is 2. The number of benzene rings is 3. The summed E-state index contributed by atoms with van der Waals surface area (Å²) in [5.41, 5.74) is 4.40. The van der Waals surface area contributed by atoms with Crippen molar-refractivity contribution in [2.45, 2.75) is 32.9 Å². The molecule has 1 aliphatic heterocycles. The second-order valence-electron chi connectivity index (χ2n) is 9.94. The van der Waals surface area contributed by atoms with Gasteiger partial charge in [-0.05, 0) is 38.5 Å². The number of hydrogen-bond donors (Lipinski definition) is 0. The van der Waals surface area contributed by atoms with E-state index in [4.69, 9.17) is 9.73 Å². The summed E-state index contributed by atoms with van der Waals surface area (Å²) in [5, 5.41) is 1.08. The van der Waals surface area contributed by atoms with E-state index in [1.807, 2.05) is 78.9 Å². The monoisotopic (exact) mass is 547 g/mol. The van der Waals surface area contributed by atoms with Gasteiger partial charge in [0.25, 0.3) is 5.56 Å². The number of rotatable bonds is 6. The molecular formula is C33H29N3O3S. The van der Waals surface area contributed by atoms with Gasteiger partial charge in [-0.15, -0.1) is 0 Å². The maximum atomic E-state index is 14.1. The fourth-order valence-electron chi connectivity index (χ4n) is 5.31. The molecule has 40 heavy (non-hydrogen) atoms. The van der Waals surface area contributed by atoms with Crippen molar-refractivity contribution in [1.29, 1.82) is 0 Å². The molecule has 0 bridgehead atoms. The average Bonchev–Trinajstić information content (AvgIpc) is 3.50. The van der Waals surface area contributed by atoms with E-state index in [1.165, 1.54) is 11.3 Å². The van der Waals surface area contributed by atoms with E-state index in [0.717, 1.165) is 27.6 Å². The topological polar surface area (TPSA) is 65.6 Å². The summed E-state index contributed by atoms with van der Waals surface area (Å²) < 4.78 is 9.96. The minimum Gasteiger partial charge on any atom is -0.463 e. The van der Waals surface area contributed by atoms with Crippen molar-refractivity contribution >= 4 is 40.0 Å². The second-order valence-corrected chi connectivity index (χ2v) is 11.0. The second kappa shape index (κ2) is 10.6. The number of carbonyl (C=O) groups excluding carboxylic acids is 1. The molecule has 0 saturated carbocycles. The van der Waals surface area contributed by atoms with E-state index >= 15 is 0 Å². The molecule has 3 heterocycles. The van der Waals surface area contributed by atoms with Crippen LogP contribution < -0.4 is 14.9 Å². The van der Waals surface area contributed by atoms with E-state index < -0.39 is 12.0 Å². The fraction of sp³-hybridized carbons (Fsp3) is 0.182. The molecule has 5 aromatic rings. The van der Waals surface area contributed by atoms with Gasteiger partial charge in [0.2, 0.25) is 0 Å². The molecule has 1 atom stereocenters. The van der Waals surface area contributed by atoms with Crippen LogP contribution in [0.3, 0.4) is 0 Å². The van der Waals surface area contributed by atoms with E-state index in [2.05, 4.69) is 36.7 Å². The van der Waals surface area contributed by atoms with Gasteiger partial charge in [-0.1, -0.05) is 90.2 Å². The number of carbonyl (C=O) groups is 1. The van der Waals surface area contributed by atoms with E-state index in [-0.39, 0.29) is 18.2 Å². The van der Waals surface area contributed by atoms with Crippen LogP contribution in [0.2, 0.25) is 0 Å². The zero-order chi connectivity index (χ0) is 27.8. The average molecular weight is 548 g/mol. The fourth-order valence-corrected chi connectivity index (χ4v) is 6.30. The molecule has 0 fully saturated rings. The minimum atomic E-state index is -0.675. The summed E-state index contributed by atoms with van der Waals surface area (Å²) in [5.74, 6) is -0.478. The molecule has 6 rings (SSSR count). The Morgan fingerprint density at radius 1 is 1.00 bits per heavy atom. The van der Waals surface area contributed by atoms with Crippen LogP contribution in [-0.2, 0) is 9.53 Å². The zero-order valence-corrected chi connectivity index (χ0v) is 23.4. The summed E-state index contributed by atoms with van der Waals surface area (Å²) in [6.45, 7) is 6.29. The molecule has 0 amide bonds. The molecule has 3 aromatic carbocycles. The van der Waals surface area contributed by atoms with Crippen LogP contribution in [0.4, 0.5) is 0 Å². The lowest BCUT2D eigenvalue weighted by Crippen LogP contribution is -2.39. The number of thiazole rings is 1. The van der Waals surface area contributed by atoms with E-state index in [9.17, 15) is 9.59 Å². The summed E-state index contributed by atoms with van der Waals surface area (Å²) in [6, 6.07) is 27.0. The molecule has 0 aliphatic carbocycles. The van der Waals surface area contributed by atoms with Gasteiger partial charge >= 0.3 is 5.97 Å². The van der Waals surface area contributed by atoms with Crippen molar-refractivity contribution in [2.75, 3.05) is 6.61 Å². The molecule has 0 N–H and O–H groups in total. The highest BCUT2D eigenvalue weighted by molar-refractivity contribution is 7.07. The van der Waals surface area contributed by atoms with Gasteiger partial charge < -0.3 is 9.30 Å². The highest BCUT2D eigenvalue weighted by atomic mass is 32.1. The Morgan fingerprint density at radius 3 is 2.38 bits per heavy atom. The van der Waals surface area contributed by atoms with Crippen LogP contribution in [0.1, 0.15) is 49.5 Å². The first kappa shape index (κ1) is 25.8. The number of para-hydroxylation sites is 1.